The molecule has 0 aliphatic rings. The van der Waals surface area contributed by atoms with Gasteiger partial charge in [-0.1, -0.05) is 24.3 Å². The van der Waals surface area contributed by atoms with Gasteiger partial charge in [-0.2, -0.15) is 5.26 Å². The van der Waals surface area contributed by atoms with Crippen LogP contribution in [0.5, 0.6) is 0 Å². The monoisotopic (exact) mass is 307 g/mol. The smallest absolute Gasteiger partial charge is 0.272 e. The summed E-state index contributed by atoms with van der Waals surface area (Å²) in [6.07, 6.45) is 1.48. The quantitative estimate of drug-likeness (QED) is 0.772. The molecule has 0 amide bonds. The van der Waals surface area contributed by atoms with Crippen LogP contribution in [0.3, 0.4) is 0 Å². The zero-order valence-electron chi connectivity index (χ0n) is 13.0. The van der Waals surface area contributed by atoms with Crippen molar-refractivity contribution in [2.45, 2.75) is 26.4 Å². The third kappa shape index (κ3) is 2.87. The van der Waals surface area contributed by atoms with Crippen LogP contribution in [-0.4, -0.2) is 14.6 Å². The van der Waals surface area contributed by atoms with Gasteiger partial charge in [0, 0.05) is 24.8 Å². The Balaban J connectivity index is 1.84. The standard InChI is InChI=1S/C17H17N5O/c1-11-5-3-4-6-15(11)12(2)19-10-14-7-16(23)22-17(21-14)13(8-18)9-20-22/h3-7,9,12,19-20H,10H2,1-2H3. The van der Waals surface area contributed by atoms with Gasteiger partial charge < -0.3 is 5.32 Å². The summed E-state index contributed by atoms with van der Waals surface area (Å²) < 4.78 is 1.27. The van der Waals surface area contributed by atoms with Crippen molar-refractivity contribution >= 4 is 5.65 Å². The van der Waals surface area contributed by atoms with Gasteiger partial charge in [-0.3, -0.25) is 9.89 Å². The van der Waals surface area contributed by atoms with Crippen LogP contribution in [0.1, 0.15) is 35.3 Å². The van der Waals surface area contributed by atoms with Crippen molar-refractivity contribution in [2.75, 3.05) is 0 Å². The van der Waals surface area contributed by atoms with Crippen LogP contribution in [-0.2, 0) is 6.54 Å². The highest BCUT2D eigenvalue weighted by Gasteiger charge is 2.11. The Morgan fingerprint density at radius 3 is 2.96 bits per heavy atom. The minimum absolute atomic E-state index is 0.137. The van der Waals surface area contributed by atoms with E-state index in [0.717, 1.165) is 0 Å². The molecular formula is C17H17N5O. The van der Waals surface area contributed by atoms with Gasteiger partial charge in [-0.05, 0) is 25.0 Å². The van der Waals surface area contributed by atoms with Gasteiger partial charge in [0.25, 0.3) is 5.56 Å². The van der Waals surface area contributed by atoms with Crippen molar-refractivity contribution in [3.63, 3.8) is 0 Å². The van der Waals surface area contributed by atoms with Crippen LogP contribution >= 0.6 is 0 Å². The lowest BCUT2D eigenvalue weighted by atomic mass is 10.0. The number of nitrogens with one attached hydrogen (secondary N) is 2. The van der Waals surface area contributed by atoms with E-state index in [0.29, 0.717) is 23.4 Å². The van der Waals surface area contributed by atoms with Crippen LogP contribution < -0.4 is 10.9 Å². The maximum Gasteiger partial charge on any atom is 0.272 e. The van der Waals surface area contributed by atoms with E-state index in [-0.39, 0.29) is 11.6 Å². The molecule has 23 heavy (non-hydrogen) atoms. The number of nitriles is 1. The van der Waals surface area contributed by atoms with Gasteiger partial charge in [-0.25, -0.2) is 9.50 Å². The van der Waals surface area contributed by atoms with Crippen molar-refractivity contribution in [3.8, 4) is 6.07 Å². The lowest BCUT2D eigenvalue weighted by Gasteiger charge is -2.16. The summed E-state index contributed by atoms with van der Waals surface area (Å²) in [5.41, 5.74) is 3.54. The number of benzene rings is 1. The first-order valence-electron chi connectivity index (χ1n) is 7.39. The first-order valence-corrected chi connectivity index (χ1v) is 7.39. The molecule has 0 spiro atoms. The second-order valence-corrected chi connectivity index (χ2v) is 5.50. The van der Waals surface area contributed by atoms with Crippen LogP contribution in [0, 0.1) is 18.3 Å². The highest BCUT2D eigenvalue weighted by atomic mass is 16.1. The number of hydrogen-bond donors (Lipinski definition) is 2. The minimum Gasteiger partial charge on any atom is -0.305 e. The third-order valence-corrected chi connectivity index (χ3v) is 3.92. The number of H-pyrrole nitrogens is 1. The topological polar surface area (TPSA) is 86.0 Å². The molecule has 1 unspecified atom stereocenters. The average Bonchev–Trinajstić information content (AvgIpc) is 2.96. The molecule has 6 nitrogen and oxygen atoms in total. The summed E-state index contributed by atoms with van der Waals surface area (Å²) in [5.74, 6) is 0. The maximum absolute atomic E-state index is 12.1. The molecular weight excluding hydrogens is 290 g/mol. The molecule has 2 N–H and O–H groups in total. The number of aryl methyl sites for hydroxylation is 1. The van der Waals surface area contributed by atoms with Crippen molar-refractivity contribution in [1.29, 1.82) is 5.26 Å². The zero-order valence-corrected chi connectivity index (χ0v) is 13.0. The Kier molecular flexibility index (Phi) is 3.96. The fraction of sp³-hybridized carbons (Fsp3) is 0.235. The number of aromatic nitrogens is 3. The lowest BCUT2D eigenvalue weighted by Crippen LogP contribution is -2.22. The fourth-order valence-corrected chi connectivity index (χ4v) is 2.64. The van der Waals surface area contributed by atoms with E-state index in [2.05, 4.69) is 41.4 Å². The molecule has 0 saturated heterocycles. The lowest BCUT2D eigenvalue weighted by molar-refractivity contribution is 0.564. The van der Waals surface area contributed by atoms with E-state index < -0.39 is 0 Å². The van der Waals surface area contributed by atoms with Crippen molar-refractivity contribution in [1.82, 2.24) is 19.9 Å². The number of rotatable bonds is 4. The summed E-state index contributed by atoms with van der Waals surface area (Å²) in [7, 11) is 0. The predicted octanol–water partition coefficient (Wildman–Crippen LogP) is 2.05. The van der Waals surface area contributed by atoms with Crippen LogP contribution in [0.2, 0.25) is 0 Å². The Labute approximate surface area is 133 Å². The van der Waals surface area contributed by atoms with Crippen molar-refractivity contribution in [3.05, 3.63) is 69.3 Å². The van der Waals surface area contributed by atoms with Crippen molar-refractivity contribution < 1.29 is 0 Å². The third-order valence-electron chi connectivity index (χ3n) is 3.92. The first-order chi connectivity index (χ1) is 11.1. The SMILES string of the molecule is Cc1ccccc1C(C)NCc1cc(=O)n2[nH]cc(C#N)c2n1. The molecule has 3 rings (SSSR count). The summed E-state index contributed by atoms with van der Waals surface area (Å²) >= 11 is 0. The number of fused-ring (bicyclic) bond motifs is 1. The molecule has 0 bridgehead atoms. The molecule has 2 heterocycles. The van der Waals surface area contributed by atoms with E-state index in [4.69, 9.17) is 5.26 Å². The molecule has 0 saturated carbocycles. The van der Waals surface area contributed by atoms with E-state index in [1.807, 2.05) is 18.2 Å². The first kappa shape index (κ1) is 15.0. The molecule has 0 fully saturated rings. The molecule has 0 radical (unpaired) electrons. The molecule has 1 atom stereocenters. The minimum atomic E-state index is -0.225. The molecule has 2 aromatic heterocycles. The number of aromatic amines is 1. The Morgan fingerprint density at radius 2 is 2.22 bits per heavy atom. The van der Waals surface area contributed by atoms with Crippen LogP contribution in [0.4, 0.5) is 0 Å². The molecule has 1 aromatic carbocycles. The van der Waals surface area contributed by atoms with Gasteiger partial charge in [0.15, 0.2) is 5.65 Å². The molecule has 0 aliphatic carbocycles. The van der Waals surface area contributed by atoms with Crippen LogP contribution in [0.25, 0.3) is 5.65 Å². The second-order valence-electron chi connectivity index (χ2n) is 5.50. The molecule has 116 valence electrons. The molecule has 0 aliphatic heterocycles. The summed E-state index contributed by atoms with van der Waals surface area (Å²) in [6, 6.07) is 11.8. The van der Waals surface area contributed by atoms with Gasteiger partial charge in [0.1, 0.15) is 11.6 Å². The normalized spacial score (nSPS) is 12.2. The van der Waals surface area contributed by atoms with E-state index in [1.54, 1.807) is 0 Å². The maximum atomic E-state index is 12.1. The second kappa shape index (κ2) is 6.07. The predicted molar refractivity (Wildman–Crippen MR) is 87.0 cm³/mol. The Bertz CT molecular complexity index is 948. The Hall–Kier alpha value is -2.91. The van der Waals surface area contributed by atoms with Gasteiger partial charge >= 0.3 is 0 Å². The average molecular weight is 307 g/mol. The van der Waals surface area contributed by atoms with Crippen molar-refractivity contribution in [2.24, 2.45) is 0 Å². The van der Waals surface area contributed by atoms with E-state index in [9.17, 15) is 4.79 Å². The van der Waals surface area contributed by atoms with E-state index in [1.165, 1.54) is 27.9 Å². The number of nitrogens with zero attached hydrogens (tertiary/aromatic N) is 3. The number of hydrogen-bond acceptors (Lipinski definition) is 4. The largest absolute Gasteiger partial charge is 0.305 e. The van der Waals surface area contributed by atoms with Gasteiger partial charge in [-0.15, -0.1) is 0 Å². The zero-order chi connectivity index (χ0) is 16.4. The van der Waals surface area contributed by atoms with Crippen LogP contribution in [0.15, 0.2) is 41.3 Å². The Morgan fingerprint density at radius 1 is 1.43 bits per heavy atom. The molecule has 3 aromatic rings. The summed E-state index contributed by atoms with van der Waals surface area (Å²) in [6.45, 7) is 4.60. The highest BCUT2D eigenvalue weighted by Crippen LogP contribution is 2.17. The van der Waals surface area contributed by atoms with Gasteiger partial charge in [0.2, 0.25) is 0 Å². The van der Waals surface area contributed by atoms with E-state index >= 15 is 0 Å². The van der Waals surface area contributed by atoms with Gasteiger partial charge in [0.05, 0.1) is 5.69 Å². The molecule has 6 heteroatoms. The summed E-state index contributed by atoms with van der Waals surface area (Å²) in [4.78, 5) is 16.5. The fourth-order valence-electron chi connectivity index (χ4n) is 2.64. The summed E-state index contributed by atoms with van der Waals surface area (Å²) in [5, 5.41) is 15.2. The highest BCUT2D eigenvalue weighted by molar-refractivity contribution is 5.53.